The van der Waals surface area contributed by atoms with Crippen LogP contribution in [0.2, 0.25) is 0 Å². The molecule has 0 aromatic carbocycles. The average Bonchev–Trinajstić information content (AvgIpc) is 3.28. The van der Waals surface area contributed by atoms with E-state index in [1.165, 1.54) is 0 Å². The highest BCUT2D eigenvalue weighted by Crippen LogP contribution is 2.24. The Kier molecular flexibility index (Phi) is 3.07. The molecule has 0 aliphatic heterocycles. The maximum Gasteiger partial charge on any atom is 0.202 e. The Labute approximate surface area is 131 Å². The van der Waals surface area contributed by atoms with Crippen molar-refractivity contribution < 1.29 is 8.94 Å². The SMILES string of the molecule is Cc1nn2cnnc2c(NCc2cc(-c3ccco3)on2)c1C. The fraction of sp³-hybridized carbons (Fsp3) is 0.200. The Hall–Kier alpha value is -3.16. The fourth-order valence-corrected chi connectivity index (χ4v) is 2.37. The lowest BCUT2D eigenvalue weighted by Gasteiger charge is -2.10. The molecule has 4 aromatic rings. The van der Waals surface area contributed by atoms with E-state index in [0.29, 0.717) is 23.7 Å². The number of furan rings is 1. The van der Waals surface area contributed by atoms with E-state index in [1.807, 2.05) is 26.0 Å². The van der Waals surface area contributed by atoms with E-state index in [0.717, 1.165) is 22.6 Å². The molecule has 0 atom stereocenters. The first-order chi connectivity index (χ1) is 11.2. The number of nitrogens with one attached hydrogen (secondary N) is 1. The minimum absolute atomic E-state index is 0.497. The average molecular weight is 310 g/mol. The van der Waals surface area contributed by atoms with E-state index in [-0.39, 0.29) is 0 Å². The first kappa shape index (κ1) is 13.5. The number of aromatic nitrogens is 5. The first-order valence-electron chi connectivity index (χ1n) is 7.13. The predicted molar refractivity (Wildman–Crippen MR) is 81.8 cm³/mol. The van der Waals surface area contributed by atoms with Crippen molar-refractivity contribution in [3.63, 3.8) is 0 Å². The van der Waals surface area contributed by atoms with Gasteiger partial charge in [-0.1, -0.05) is 5.16 Å². The fourth-order valence-electron chi connectivity index (χ4n) is 2.37. The van der Waals surface area contributed by atoms with Crippen LogP contribution in [0.5, 0.6) is 0 Å². The second-order valence-corrected chi connectivity index (χ2v) is 5.20. The van der Waals surface area contributed by atoms with Crippen molar-refractivity contribution >= 4 is 11.3 Å². The van der Waals surface area contributed by atoms with Crippen LogP contribution in [0.15, 0.2) is 39.7 Å². The molecule has 4 heterocycles. The van der Waals surface area contributed by atoms with E-state index in [4.69, 9.17) is 8.94 Å². The molecule has 0 fully saturated rings. The Morgan fingerprint density at radius 2 is 2.17 bits per heavy atom. The van der Waals surface area contributed by atoms with Crippen molar-refractivity contribution in [3.8, 4) is 11.5 Å². The second kappa shape index (κ2) is 5.24. The van der Waals surface area contributed by atoms with Gasteiger partial charge < -0.3 is 14.3 Å². The largest absolute Gasteiger partial charge is 0.461 e. The van der Waals surface area contributed by atoms with Crippen molar-refractivity contribution in [1.82, 2.24) is 25.0 Å². The molecule has 4 rings (SSSR count). The Morgan fingerprint density at radius 1 is 1.26 bits per heavy atom. The van der Waals surface area contributed by atoms with E-state index in [9.17, 15) is 0 Å². The van der Waals surface area contributed by atoms with Gasteiger partial charge in [0.2, 0.25) is 11.4 Å². The van der Waals surface area contributed by atoms with Crippen molar-refractivity contribution in [2.24, 2.45) is 0 Å². The normalized spacial score (nSPS) is 11.2. The van der Waals surface area contributed by atoms with Crippen molar-refractivity contribution in [3.05, 3.63) is 47.7 Å². The van der Waals surface area contributed by atoms with Crippen molar-refractivity contribution in [2.45, 2.75) is 20.4 Å². The molecule has 0 spiro atoms. The molecule has 0 unspecified atom stereocenters. The summed E-state index contributed by atoms with van der Waals surface area (Å²) in [5.74, 6) is 1.25. The maximum absolute atomic E-state index is 5.29. The number of nitrogens with zero attached hydrogens (tertiary/aromatic N) is 5. The zero-order valence-corrected chi connectivity index (χ0v) is 12.6. The van der Waals surface area contributed by atoms with E-state index in [2.05, 4.69) is 25.8 Å². The monoisotopic (exact) mass is 310 g/mol. The molecule has 116 valence electrons. The summed E-state index contributed by atoms with van der Waals surface area (Å²) in [6, 6.07) is 5.48. The van der Waals surface area contributed by atoms with Gasteiger partial charge in [0.25, 0.3) is 0 Å². The van der Waals surface area contributed by atoms with Crippen molar-refractivity contribution in [1.29, 1.82) is 0 Å². The number of rotatable bonds is 4. The summed E-state index contributed by atoms with van der Waals surface area (Å²) in [5.41, 5.74) is 4.28. The summed E-state index contributed by atoms with van der Waals surface area (Å²) in [6.45, 7) is 4.44. The zero-order chi connectivity index (χ0) is 15.8. The third-order valence-electron chi connectivity index (χ3n) is 3.70. The molecule has 0 aliphatic carbocycles. The summed E-state index contributed by atoms with van der Waals surface area (Å²) in [6.07, 6.45) is 3.18. The number of anilines is 1. The Bertz CT molecular complexity index is 954. The summed E-state index contributed by atoms with van der Waals surface area (Å²) in [5, 5.41) is 19.8. The van der Waals surface area contributed by atoms with Crippen LogP contribution in [0.3, 0.4) is 0 Å². The van der Waals surface area contributed by atoms with Gasteiger partial charge in [-0.05, 0) is 31.5 Å². The Morgan fingerprint density at radius 3 is 3.00 bits per heavy atom. The molecule has 0 bridgehead atoms. The molecule has 0 saturated carbocycles. The van der Waals surface area contributed by atoms with Gasteiger partial charge in [0, 0.05) is 6.07 Å². The molecule has 0 saturated heterocycles. The van der Waals surface area contributed by atoms with Crippen LogP contribution in [0, 0.1) is 13.8 Å². The molecule has 8 heteroatoms. The molecule has 1 N–H and O–H groups in total. The van der Waals surface area contributed by atoms with Gasteiger partial charge in [0.1, 0.15) is 12.0 Å². The second-order valence-electron chi connectivity index (χ2n) is 5.20. The molecule has 0 aliphatic rings. The number of aryl methyl sites for hydroxylation is 1. The highest BCUT2D eigenvalue weighted by Gasteiger charge is 2.13. The Balaban J connectivity index is 1.60. The minimum atomic E-state index is 0.497. The summed E-state index contributed by atoms with van der Waals surface area (Å²) in [4.78, 5) is 0. The van der Waals surface area contributed by atoms with Crippen LogP contribution >= 0.6 is 0 Å². The molecule has 0 amide bonds. The lowest BCUT2D eigenvalue weighted by atomic mass is 10.2. The van der Waals surface area contributed by atoms with E-state index < -0.39 is 0 Å². The number of fused-ring (bicyclic) bond motifs is 1. The molecule has 23 heavy (non-hydrogen) atoms. The van der Waals surface area contributed by atoms with E-state index >= 15 is 0 Å². The highest BCUT2D eigenvalue weighted by atomic mass is 16.5. The minimum Gasteiger partial charge on any atom is -0.461 e. The third-order valence-corrected chi connectivity index (χ3v) is 3.70. The van der Waals surface area contributed by atoms with Crippen LogP contribution in [-0.2, 0) is 6.54 Å². The van der Waals surface area contributed by atoms with Crippen LogP contribution < -0.4 is 5.32 Å². The smallest absolute Gasteiger partial charge is 0.202 e. The van der Waals surface area contributed by atoms with Gasteiger partial charge in [0.15, 0.2) is 5.76 Å². The predicted octanol–water partition coefficient (Wildman–Crippen LogP) is 2.60. The van der Waals surface area contributed by atoms with Gasteiger partial charge in [-0.15, -0.1) is 10.2 Å². The summed E-state index contributed by atoms with van der Waals surface area (Å²) >= 11 is 0. The summed E-state index contributed by atoms with van der Waals surface area (Å²) < 4.78 is 12.2. The molecule has 0 radical (unpaired) electrons. The molecular weight excluding hydrogens is 296 g/mol. The van der Waals surface area contributed by atoms with Gasteiger partial charge in [-0.2, -0.15) is 9.61 Å². The molecule has 4 aromatic heterocycles. The van der Waals surface area contributed by atoms with E-state index in [1.54, 1.807) is 23.2 Å². The lowest BCUT2D eigenvalue weighted by molar-refractivity contribution is 0.411. The van der Waals surface area contributed by atoms with Crippen LogP contribution in [0.4, 0.5) is 5.69 Å². The van der Waals surface area contributed by atoms with Crippen LogP contribution in [-0.4, -0.2) is 25.0 Å². The number of hydrogen-bond donors (Lipinski definition) is 1. The lowest BCUT2D eigenvalue weighted by Crippen LogP contribution is -2.07. The standard InChI is InChI=1S/C15H14N6O2/c1-9-10(2)19-21-8-17-18-15(21)14(9)16-7-11-6-13(23-20-11)12-4-3-5-22-12/h3-6,8,16H,7H2,1-2H3. The highest BCUT2D eigenvalue weighted by molar-refractivity contribution is 5.71. The maximum atomic E-state index is 5.29. The first-order valence-corrected chi connectivity index (χ1v) is 7.13. The molecule has 8 nitrogen and oxygen atoms in total. The molecular formula is C15H14N6O2. The third kappa shape index (κ3) is 2.33. The zero-order valence-electron chi connectivity index (χ0n) is 12.6. The topological polar surface area (TPSA) is 94.3 Å². The van der Waals surface area contributed by atoms with Gasteiger partial charge in [-0.3, -0.25) is 0 Å². The van der Waals surface area contributed by atoms with Crippen molar-refractivity contribution in [2.75, 3.05) is 5.32 Å². The summed E-state index contributed by atoms with van der Waals surface area (Å²) in [7, 11) is 0. The van der Waals surface area contributed by atoms with Gasteiger partial charge >= 0.3 is 0 Å². The van der Waals surface area contributed by atoms with Gasteiger partial charge in [-0.25, -0.2) is 0 Å². The van der Waals surface area contributed by atoms with Gasteiger partial charge in [0.05, 0.1) is 24.2 Å². The quantitative estimate of drug-likeness (QED) is 0.619. The van der Waals surface area contributed by atoms with Crippen LogP contribution in [0.1, 0.15) is 17.0 Å². The number of hydrogen-bond acceptors (Lipinski definition) is 7. The van der Waals surface area contributed by atoms with Crippen LogP contribution in [0.25, 0.3) is 17.2 Å².